The van der Waals surface area contributed by atoms with Crippen molar-refractivity contribution in [2.75, 3.05) is 5.32 Å². The summed E-state index contributed by atoms with van der Waals surface area (Å²) in [5.41, 5.74) is 9.14. The second-order valence-electron chi connectivity index (χ2n) is 9.17. The molecule has 0 saturated heterocycles. The van der Waals surface area contributed by atoms with Gasteiger partial charge in [0.1, 0.15) is 16.9 Å². The Kier molecular flexibility index (Phi) is 5.66. The third-order valence-corrected chi connectivity index (χ3v) is 6.65. The Morgan fingerprint density at radius 3 is 2.52 bits per heavy atom. The zero-order valence-corrected chi connectivity index (χ0v) is 21.0. The van der Waals surface area contributed by atoms with Gasteiger partial charge in [-0.25, -0.2) is 9.78 Å². The first-order valence-corrected chi connectivity index (χ1v) is 12.5. The van der Waals surface area contributed by atoms with Crippen molar-refractivity contribution >= 4 is 39.3 Å². The lowest BCUT2D eigenvalue weighted by Gasteiger charge is -2.09. The summed E-state index contributed by atoms with van der Waals surface area (Å²) in [6.07, 6.45) is 10.6. The van der Waals surface area contributed by atoms with E-state index in [0.29, 0.717) is 17.1 Å². The highest BCUT2D eigenvalue weighted by Gasteiger charge is 2.16. The van der Waals surface area contributed by atoms with Crippen LogP contribution in [0.5, 0.6) is 0 Å². The SMILES string of the molecule is O=C=C(Nc1cncc(-c2ccc3[nH]nc(-c4cc5c(-c6cccnc6)cncc5[nH]4)c3n2)c1)c1ccccc1. The highest BCUT2D eigenvalue weighted by molar-refractivity contribution is 6.00. The number of rotatable bonds is 6. The molecule has 9 heteroatoms. The minimum Gasteiger partial charge on any atom is -0.352 e. The van der Waals surface area contributed by atoms with Crippen molar-refractivity contribution in [1.29, 1.82) is 0 Å². The van der Waals surface area contributed by atoms with E-state index in [0.717, 1.165) is 55.6 Å². The Balaban J connectivity index is 1.26. The number of anilines is 1. The second-order valence-corrected chi connectivity index (χ2v) is 9.17. The predicted molar refractivity (Wildman–Crippen MR) is 155 cm³/mol. The molecule has 40 heavy (non-hydrogen) atoms. The minimum atomic E-state index is 0.332. The molecule has 0 spiro atoms. The largest absolute Gasteiger partial charge is 0.352 e. The van der Waals surface area contributed by atoms with E-state index in [4.69, 9.17) is 4.98 Å². The van der Waals surface area contributed by atoms with E-state index in [2.05, 4.69) is 41.5 Å². The van der Waals surface area contributed by atoms with Crippen molar-refractivity contribution in [2.45, 2.75) is 0 Å². The minimum absolute atomic E-state index is 0.332. The third-order valence-electron chi connectivity index (χ3n) is 6.65. The standard InChI is InChI=1S/C31H20N8O/c40-18-29(19-5-2-1-3-6-19)35-22-11-21(14-33-15-22)25-8-9-26-30(37-25)31(39-38-26)27-12-23-24(16-34-17-28(23)36-27)20-7-4-10-32-13-20/h1-17,35-36H,(H,38,39). The van der Waals surface area contributed by atoms with Gasteiger partial charge in [-0.3, -0.25) is 20.1 Å². The molecule has 0 saturated carbocycles. The number of aromatic amines is 2. The molecular weight excluding hydrogens is 500 g/mol. The molecule has 0 atom stereocenters. The number of hydrogen-bond donors (Lipinski definition) is 3. The molecular formula is C31H20N8O. The molecule has 0 aliphatic heterocycles. The summed E-state index contributed by atoms with van der Waals surface area (Å²) < 4.78 is 0. The fourth-order valence-corrected chi connectivity index (χ4v) is 4.73. The lowest BCUT2D eigenvalue weighted by Crippen LogP contribution is -2.00. The van der Waals surface area contributed by atoms with Gasteiger partial charge in [-0.15, -0.1) is 0 Å². The molecule has 0 aliphatic carbocycles. The molecule has 9 nitrogen and oxygen atoms in total. The van der Waals surface area contributed by atoms with Crippen LogP contribution in [0.15, 0.2) is 104 Å². The number of carbonyl (C=O) groups excluding carboxylic acids is 1. The number of aromatic nitrogens is 7. The summed E-state index contributed by atoms with van der Waals surface area (Å²) in [4.78, 5) is 33.1. The van der Waals surface area contributed by atoms with E-state index in [1.165, 1.54) is 0 Å². The molecule has 6 aromatic heterocycles. The molecule has 190 valence electrons. The fourth-order valence-electron chi connectivity index (χ4n) is 4.73. The highest BCUT2D eigenvalue weighted by Crippen LogP contribution is 2.33. The smallest absolute Gasteiger partial charge is 0.151 e. The molecule has 7 aromatic rings. The predicted octanol–water partition coefficient (Wildman–Crippen LogP) is 5.91. The summed E-state index contributed by atoms with van der Waals surface area (Å²) >= 11 is 0. The van der Waals surface area contributed by atoms with E-state index in [9.17, 15) is 4.79 Å². The van der Waals surface area contributed by atoms with Crippen LogP contribution in [0.2, 0.25) is 0 Å². The first-order valence-electron chi connectivity index (χ1n) is 12.5. The van der Waals surface area contributed by atoms with Crippen LogP contribution in [0.4, 0.5) is 5.69 Å². The molecule has 1 aromatic carbocycles. The molecule has 7 rings (SSSR count). The average Bonchev–Trinajstić information content (AvgIpc) is 3.65. The van der Waals surface area contributed by atoms with Crippen molar-refractivity contribution in [3.8, 4) is 33.8 Å². The van der Waals surface area contributed by atoms with Gasteiger partial charge in [0.2, 0.25) is 0 Å². The first kappa shape index (κ1) is 23.2. The van der Waals surface area contributed by atoms with Crippen LogP contribution in [0.25, 0.3) is 61.4 Å². The number of fused-ring (bicyclic) bond motifs is 2. The number of H-pyrrole nitrogens is 2. The lowest BCUT2D eigenvalue weighted by molar-refractivity contribution is 0.569. The van der Waals surface area contributed by atoms with Gasteiger partial charge in [-0.1, -0.05) is 36.4 Å². The first-order chi connectivity index (χ1) is 19.8. The third kappa shape index (κ3) is 4.18. The molecule has 6 heterocycles. The number of nitrogens with one attached hydrogen (secondary N) is 3. The quantitative estimate of drug-likeness (QED) is 0.233. The van der Waals surface area contributed by atoms with Crippen molar-refractivity contribution in [1.82, 2.24) is 35.1 Å². The molecule has 0 unspecified atom stereocenters. The Bertz CT molecular complexity index is 2040. The number of nitrogens with zero attached hydrogens (tertiary/aromatic N) is 5. The van der Waals surface area contributed by atoms with Gasteiger partial charge in [0, 0.05) is 52.4 Å². The Morgan fingerprint density at radius 2 is 1.68 bits per heavy atom. The van der Waals surface area contributed by atoms with Crippen molar-refractivity contribution in [3.63, 3.8) is 0 Å². The Morgan fingerprint density at radius 1 is 0.800 bits per heavy atom. The van der Waals surface area contributed by atoms with Crippen LogP contribution in [0.3, 0.4) is 0 Å². The van der Waals surface area contributed by atoms with Crippen molar-refractivity contribution in [2.24, 2.45) is 0 Å². The average molecular weight is 521 g/mol. The Hall–Kier alpha value is -5.92. The monoisotopic (exact) mass is 520 g/mol. The van der Waals surface area contributed by atoms with Crippen molar-refractivity contribution in [3.05, 3.63) is 109 Å². The van der Waals surface area contributed by atoms with E-state index in [1.807, 2.05) is 79.0 Å². The number of benzene rings is 1. The maximum atomic E-state index is 11.6. The van der Waals surface area contributed by atoms with Crippen molar-refractivity contribution < 1.29 is 4.79 Å². The van der Waals surface area contributed by atoms with E-state index >= 15 is 0 Å². The van der Waals surface area contributed by atoms with Gasteiger partial charge < -0.3 is 10.3 Å². The lowest BCUT2D eigenvalue weighted by atomic mass is 10.1. The number of hydrogen-bond acceptors (Lipinski definition) is 7. The topological polar surface area (TPSA) is 125 Å². The molecule has 0 fully saturated rings. The van der Waals surface area contributed by atoms with E-state index < -0.39 is 0 Å². The zero-order valence-electron chi connectivity index (χ0n) is 21.0. The molecule has 0 bridgehead atoms. The van der Waals surface area contributed by atoms with Crippen LogP contribution in [0.1, 0.15) is 5.56 Å². The van der Waals surface area contributed by atoms with Gasteiger partial charge in [-0.2, -0.15) is 5.10 Å². The zero-order chi connectivity index (χ0) is 26.9. The maximum absolute atomic E-state index is 11.6. The normalized spacial score (nSPS) is 11.0. The van der Waals surface area contributed by atoms with Gasteiger partial charge in [0.15, 0.2) is 5.94 Å². The summed E-state index contributed by atoms with van der Waals surface area (Å²) in [7, 11) is 0. The molecule has 0 amide bonds. The second kappa shape index (κ2) is 9.75. The molecule has 3 N–H and O–H groups in total. The summed E-state index contributed by atoms with van der Waals surface area (Å²) in [6.45, 7) is 0. The summed E-state index contributed by atoms with van der Waals surface area (Å²) in [5.74, 6) is 1.99. The maximum Gasteiger partial charge on any atom is 0.151 e. The van der Waals surface area contributed by atoms with Gasteiger partial charge in [0.25, 0.3) is 0 Å². The van der Waals surface area contributed by atoms with Crippen LogP contribution >= 0.6 is 0 Å². The summed E-state index contributed by atoms with van der Waals surface area (Å²) in [5, 5.41) is 11.8. The van der Waals surface area contributed by atoms with Gasteiger partial charge in [0.05, 0.1) is 40.5 Å². The molecule has 0 radical (unpaired) electrons. The van der Waals surface area contributed by atoms with Crippen LogP contribution < -0.4 is 5.32 Å². The van der Waals surface area contributed by atoms with Gasteiger partial charge in [-0.05, 0) is 30.3 Å². The van der Waals surface area contributed by atoms with Crippen LogP contribution in [-0.2, 0) is 4.79 Å². The Labute approximate surface area is 227 Å². The fraction of sp³-hybridized carbons (Fsp3) is 0. The highest BCUT2D eigenvalue weighted by atomic mass is 16.1. The van der Waals surface area contributed by atoms with E-state index in [1.54, 1.807) is 24.8 Å². The summed E-state index contributed by atoms with van der Waals surface area (Å²) in [6, 6.07) is 21.1. The molecule has 0 aliphatic rings. The van der Waals surface area contributed by atoms with Gasteiger partial charge >= 0.3 is 0 Å². The van der Waals surface area contributed by atoms with E-state index in [-0.39, 0.29) is 0 Å². The number of pyridine rings is 4. The van der Waals surface area contributed by atoms with Crippen LogP contribution in [0, 0.1) is 0 Å². The van der Waals surface area contributed by atoms with Crippen LogP contribution in [-0.4, -0.2) is 41.1 Å².